The van der Waals surface area contributed by atoms with Crippen molar-refractivity contribution in [2.24, 2.45) is 0 Å². The van der Waals surface area contributed by atoms with Crippen molar-refractivity contribution < 1.29 is 14.3 Å². The van der Waals surface area contributed by atoms with Crippen molar-refractivity contribution in [3.63, 3.8) is 0 Å². The van der Waals surface area contributed by atoms with Gasteiger partial charge in [0.05, 0.1) is 0 Å². The zero-order chi connectivity index (χ0) is 17.6. The van der Waals surface area contributed by atoms with Crippen molar-refractivity contribution in [3.8, 4) is 17.6 Å². The molecule has 0 fully saturated rings. The van der Waals surface area contributed by atoms with Gasteiger partial charge < -0.3 is 20.1 Å². The predicted molar refractivity (Wildman–Crippen MR) is 90.7 cm³/mol. The molecular formula is C18H16N4O3. The van der Waals surface area contributed by atoms with Crippen molar-refractivity contribution in [1.29, 1.82) is 5.26 Å². The molecule has 0 unspecified atom stereocenters. The zero-order valence-electron chi connectivity index (χ0n) is 13.6. The molecule has 7 nitrogen and oxygen atoms in total. The van der Waals surface area contributed by atoms with Crippen molar-refractivity contribution >= 4 is 11.7 Å². The number of nitrogens with one attached hydrogen (secondary N) is 2. The number of ether oxygens (including phenoxy) is 2. The van der Waals surface area contributed by atoms with Crippen LogP contribution < -0.4 is 20.1 Å². The molecule has 0 saturated carbocycles. The van der Waals surface area contributed by atoms with Crippen LogP contribution in [0, 0.1) is 18.3 Å². The van der Waals surface area contributed by atoms with Crippen LogP contribution in [0.5, 0.6) is 11.5 Å². The second-order valence-electron chi connectivity index (χ2n) is 5.41. The number of aromatic nitrogens is 1. The van der Waals surface area contributed by atoms with E-state index in [9.17, 15) is 4.79 Å². The van der Waals surface area contributed by atoms with E-state index in [4.69, 9.17) is 14.7 Å². The number of carbonyl (C=O) groups excluding carboxylic acids is 1. The van der Waals surface area contributed by atoms with E-state index in [1.54, 1.807) is 24.4 Å². The van der Waals surface area contributed by atoms with Crippen molar-refractivity contribution in [2.75, 3.05) is 12.1 Å². The van der Waals surface area contributed by atoms with Gasteiger partial charge in [-0.2, -0.15) is 5.26 Å². The van der Waals surface area contributed by atoms with Gasteiger partial charge in [0.15, 0.2) is 11.5 Å². The SMILES string of the molecule is Cc1ccc(N/C=C(/C#N)C(=O)NCc2ccc3c(c2)OCO3)nc1. The maximum Gasteiger partial charge on any atom is 0.263 e. The smallest absolute Gasteiger partial charge is 0.263 e. The molecule has 2 heterocycles. The second kappa shape index (κ2) is 7.36. The maximum atomic E-state index is 12.1. The topological polar surface area (TPSA) is 96.3 Å². The van der Waals surface area contributed by atoms with E-state index in [1.165, 1.54) is 6.20 Å². The Bertz CT molecular complexity index is 854. The fourth-order valence-electron chi connectivity index (χ4n) is 2.18. The van der Waals surface area contributed by atoms with Crippen LogP contribution in [-0.4, -0.2) is 17.7 Å². The van der Waals surface area contributed by atoms with Crippen LogP contribution >= 0.6 is 0 Å². The molecular weight excluding hydrogens is 320 g/mol. The first-order valence-corrected chi connectivity index (χ1v) is 7.62. The Morgan fingerprint density at radius 2 is 2.16 bits per heavy atom. The summed E-state index contributed by atoms with van der Waals surface area (Å²) in [5, 5.41) is 14.7. The second-order valence-corrected chi connectivity index (χ2v) is 5.41. The zero-order valence-corrected chi connectivity index (χ0v) is 13.6. The lowest BCUT2D eigenvalue weighted by atomic mass is 10.2. The van der Waals surface area contributed by atoms with Gasteiger partial charge >= 0.3 is 0 Å². The number of nitrogens with zero attached hydrogens (tertiary/aromatic N) is 2. The summed E-state index contributed by atoms with van der Waals surface area (Å²) in [7, 11) is 0. The van der Waals surface area contributed by atoms with Gasteiger partial charge in [-0.3, -0.25) is 4.79 Å². The average Bonchev–Trinajstić information content (AvgIpc) is 3.09. The van der Waals surface area contributed by atoms with Crippen LogP contribution in [0.4, 0.5) is 5.82 Å². The Hall–Kier alpha value is -3.53. The summed E-state index contributed by atoms with van der Waals surface area (Å²) in [5.41, 5.74) is 1.84. The summed E-state index contributed by atoms with van der Waals surface area (Å²) in [6.45, 7) is 2.40. The quantitative estimate of drug-likeness (QED) is 0.642. The van der Waals surface area contributed by atoms with E-state index in [-0.39, 0.29) is 18.9 Å². The highest BCUT2D eigenvalue weighted by Gasteiger charge is 2.14. The van der Waals surface area contributed by atoms with Gasteiger partial charge in [-0.1, -0.05) is 12.1 Å². The van der Waals surface area contributed by atoms with Crippen molar-refractivity contribution in [2.45, 2.75) is 13.5 Å². The fraction of sp³-hybridized carbons (Fsp3) is 0.167. The Kier molecular flexibility index (Phi) is 4.81. The molecule has 0 aliphatic carbocycles. The molecule has 1 aliphatic heterocycles. The van der Waals surface area contributed by atoms with Gasteiger partial charge in [0.2, 0.25) is 6.79 Å². The summed E-state index contributed by atoms with van der Waals surface area (Å²) in [6.07, 6.45) is 3.04. The van der Waals surface area contributed by atoms with Gasteiger partial charge in [-0.15, -0.1) is 0 Å². The summed E-state index contributed by atoms with van der Waals surface area (Å²) < 4.78 is 10.5. The molecule has 0 radical (unpaired) electrons. The van der Waals surface area contributed by atoms with Gasteiger partial charge in [-0.25, -0.2) is 4.98 Å². The molecule has 126 valence electrons. The minimum atomic E-state index is -0.472. The first-order valence-electron chi connectivity index (χ1n) is 7.62. The van der Waals surface area contributed by atoms with E-state index in [2.05, 4.69) is 15.6 Å². The van der Waals surface area contributed by atoms with Crippen LogP contribution in [0.25, 0.3) is 0 Å². The minimum Gasteiger partial charge on any atom is -0.454 e. The summed E-state index contributed by atoms with van der Waals surface area (Å²) >= 11 is 0. The third-order valence-corrected chi connectivity index (χ3v) is 3.53. The molecule has 1 aliphatic rings. The third kappa shape index (κ3) is 4.06. The number of anilines is 1. The number of hydrogen-bond donors (Lipinski definition) is 2. The highest BCUT2D eigenvalue weighted by Crippen LogP contribution is 2.32. The monoisotopic (exact) mass is 336 g/mol. The largest absolute Gasteiger partial charge is 0.454 e. The Balaban J connectivity index is 1.59. The fourth-order valence-corrected chi connectivity index (χ4v) is 2.18. The molecule has 0 bridgehead atoms. The number of nitriles is 1. The number of carbonyl (C=O) groups is 1. The highest BCUT2D eigenvalue weighted by molar-refractivity contribution is 5.97. The normalized spacial score (nSPS) is 12.4. The van der Waals surface area contributed by atoms with Crippen LogP contribution in [0.15, 0.2) is 48.3 Å². The Labute approximate surface area is 144 Å². The molecule has 3 rings (SSSR count). The first kappa shape index (κ1) is 16.3. The maximum absolute atomic E-state index is 12.1. The standard InChI is InChI=1S/C18H16N4O3/c1-12-2-5-17(20-8-12)21-10-14(7-19)18(23)22-9-13-3-4-15-16(6-13)25-11-24-15/h2-6,8,10H,9,11H2,1H3,(H,20,21)(H,22,23)/b14-10-. The number of fused-ring (bicyclic) bond motifs is 1. The number of hydrogen-bond acceptors (Lipinski definition) is 6. The van der Waals surface area contributed by atoms with Gasteiger partial charge in [0.25, 0.3) is 5.91 Å². The van der Waals surface area contributed by atoms with E-state index in [0.717, 1.165) is 11.1 Å². The van der Waals surface area contributed by atoms with Crippen LogP contribution in [-0.2, 0) is 11.3 Å². The van der Waals surface area contributed by atoms with Gasteiger partial charge in [0, 0.05) is 18.9 Å². The van der Waals surface area contributed by atoms with E-state index >= 15 is 0 Å². The molecule has 1 amide bonds. The molecule has 1 aromatic carbocycles. The number of rotatable bonds is 5. The van der Waals surface area contributed by atoms with E-state index in [0.29, 0.717) is 17.3 Å². The summed E-state index contributed by atoms with van der Waals surface area (Å²) in [4.78, 5) is 16.3. The average molecular weight is 336 g/mol. The van der Waals surface area contributed by atoms with Crippen LogP contribution in [0.1, 0.15) is 11.1 Å². The molecule has 0 spiro atoms. The molecule has 1 aromatic heterocycles. The number of benzene rings is 1. The molecule has 2 N–H and O–H groups in total. The summed E-state index contributed by atoms with van der Waals surface area (Å²) in [5.74, 6) is 1.42. The number of aryl methyl sites for hydroxylation is 1. The molecule has 25 heavy (non-hydrogen) atoms. The summed E-state index contributed by atoms with van der Waals surface area (Å²) in [6, 6.07) is 10.9. The first-order chi connectivity index (χ1) is 12.2. The molecule has 2 aromatic rings. The van der Waals surface area contributed by atoms with Gasteiger partial charge in [-0.05, 0) is 36.2 Å². The Morgan fingerprint density at radius 3 is 2.92 bits per heavy atom. The third-order valence-electron chi connectivity index (χ3n) is 3.53. The predicted octanol–water partition coefficient (Wildman–Crippen LogP) is 2.25. The van der Waals surface area contributed by atoms with E-state index in [1.807, 2.05) is 25.1 Å². The lowest BCUT2D eigenvalue weighted by molar-refractivity contribution is -0.117. The lowest BCUT2D eigenvalue weighted by Crippen LogP contribution is -2.24. The lowest BCUT2D eigenvalue weighted by Gasteiger charge is -2.06. The van der Waals surface area contributed by atoms with Crippen LogP contribution in [0.2, 0.25) is 0 Å². The Morgan fingerprint density at radius 1 is 1.32 bits per heavy atom. The van der Waals surface area contributed by atoms with Crippen LogP contribution in [0.3, 0.4) is 0 Å². The number of pyridine rings is 1. The molecule has 0 saturated heterocycles. The van der Waals surface area contributed by atoms with Gasteiger partial charge in [0.1, 0.15) is 17.5 Å². The molecule has 0 atom stereocenters. The highest BCUT2D eigenvalue weighted by atomic mass is 16.7. The van der Waals surface area contributed by atoms with E-state index < -0.39 is 5.91 Å². The van der Waals surface area contributed by atoms with Crippen molar-refractivity contribution in [1.82, 2.24) is 10.3 Å². The van der Waals surface area contributed by atoms with Crippen molar-refractivity contribution in [3.05, 3.63) is 59.4 Å². The number of amides is 1. The molecule has 7 heteroatoms. The minimum absolute atomic E-state index is 0.0388.